The fourth-order valence-corrected chi connectivity index (χ4v) is 1.40. The number of hydrogen-bond donors (Lipinski definition) is 1. The zero-order valence-electron chi connectivity index (χ0n) is 14.6. The molecule has 0 aliphatic heterocycles. The van der Waals surface area contributed by atoms with Gasteiger partial charge in [-0.3, -0.25) is 4.79 Å². The van der Waals surface area contributed by atoms with Crippen molar-refractivity contribution in [1.29, 1.82) is 0 Å². The van der Waals surface area contributed by atoms with E-state index in [4.69, 9.17) is 4.74 Å². The van der Waals surface area contributed by atoms with Crippen LogP contribution >= 0.6 is 0 Å². The summed E-state index contributed by atoms with van der Waals surface area (Å²) in [5, 5.41) is 2.77. The van der Waals surface area contributed by atoms with Crippen LogP contribution in [0.25, 0.3) is 0 Å². The first-order chi connectivity index (χ1) is 11.3. The van der Waals surface area contributed by atoms with Gasteiger partial charge in [0.25, 0.3) is 0 Å². The monoisotopic (exact) mass is 335 g/mol. The predicted molar refractivity (Wildman–Crippen MR) is 92.0 cm³/mol. The average Bonchev–Trinajstić information content (AvgIpc) is 2.55. The van der Waals surface area contributed by atoms with Gasteiger partial charge in [0.2, 0.25) is 5.91 Å². The number of ether oxygens (including phenoxy) is 2. The predicted octanol–water partition coefficient (Wildman–Crippen LogP) is 2.09. The number of rotatable bonds is 9. The Morgan fingerprint density at radius 1 is 1.08 bits per heavy atom. The Morgan fingerprint density at radius 2 is 1.71 bits per heavy atom. The van der Waals surface area contributed by atoms with Crippen LogP contribution in [0.5, 0.6) is 0 Å². The third kappa shape index (κ3) is 9.40. The van der Waals surface area contributed by atoms with Crippen molar-refractivity contribution in [2.45, 2.75) is 26.8 Å². The van der Waals surface area contributed by atoms with E-state index in [-0.39, 0.29) is 18.4 Å². The van der Waals surface area contributed by atoms with Crippen LogP contribution in [0.1, 0.15) is 20.8 Å². The topological polar surface area (TPSA) is 81.7 Å². The van der Waals surface area contributed by atoms with Crippen LogP contribution < -0.4 is 5.32 Å². The van der Waals surface area contributed by atoms with Crippen molar-refractivity contribution in [3.05, 3.63) is 48.6 Å². The smallest absolute Gasteiger partial charge is 0.331 e. The van der Waals surface area contributed by atoms with Crippen molar-refractivity contribution in [2.75, 3.05) is 13.7 Å². The minimum absolute atomic E-state index is 0.0954. The lowest BCUT2D eigenvalue weighted by atomic mass is 10.1. The van der Waals surface area contributed by atoms with Crippen molar-refractivity contribution in [2.24, 2.45) is 5.92 Å². The minimum Gasteiger partial charge on any atom is -0.466 e. The Morgan fingerprint density at radius 3 is 2.25 bits per heavy atom. The van der Waals surface area contributed by atoms with Gasteiger partial charge in [-0.05, 0) is 12.5 Å². The molecule has 0 aromatic carbocycles. The molecular weight excluding hydrogens is 310 g/mol. The van der Waals surface area contributed by atoms with Gasteiger partial charge in [0.15, 0.2) is 0 Å². The number of nitrogens with one attached hydrogen (secondary N) is 1. The van der Waals surface area contributed by atoms with E-state index in [0.717, 1.165) is 12.2 Å². The molecule has 6 nitrogen and oxygen atoms in total. The molecular formula is C18H25NO5. The highest BCUT2D eigenvalue weighted by Crippen LogP contribution is 2.06. The number of methoxy groups -OCH3 is 1. The molecule has 0 radical (unpaired) electrons. The van der Waals surface area contributed by atoms with Crippen LogP contribution in [-0.4, -0.2) is 37.6 Å². The molecule has 0 bridgehead atoms. The molecule has 6 heteroatoms. The summed E-state index contributed by atoms with van der Waals surface area (Å²) in [4.78, 5) is 34.4. The quantitative estimate of drug-likeness (QED) is 0.396. The van der Waals surface area contributed by atoms with Crippen LogP contribution in [0.15, 0.2) is 48.6 Å². The molecule has 0 heterocycles. The van der Waals surface area contributed by atoms with Gasteiger partial charge in [0.05, 0.1) is 13.2 Å². The van der Waals surface area contributed by atoms with Gasteiger partial charge in [0.1, 0.15) is 6.61 Å². The Bertz CT molecular complexity index is 544. The molecule has 1 atom stereocenters. The summed E-state index contributed by atoms with van der Waals surface area (Å²) < 4.78 is 9.42. The highest BCUT2D eigenvalue weighted by atomic mass is 16.5. The van der Waals surface area contributed by atoms with E-state index >= 15 is 0 Å². The van der Waals surface area contributed by atoms with Crippen molar-refractivity contribution >= 4 is 17.8 Å². The van der Waals surface area contributed by atoms with Crippen LogP contribution in [0.3, 0.4) is 0 Å². The number of esters is 2. The minimum atomic E-state index is -0.713. The first-order valence-electron chi connectivity index (χ1n) is 7.53. The lowest BCUT2D eigenvalue weighted by molar-refractivity contribution is -0.140. The zero-order chi connectivity index (χ0) is 18.5. The van der Waals surface area contributed by atoms with E-state index in [1.807, 2.05) is 19.1 Å². The molecule has 0 aliphatic rings. The SMILES string of the molecule is C=C(/C=C\C=C/C)[C@@H](COC(=O)/C=C/C(=O)OC)NC(=O)C(C)C. The molecule has 1 amide bonds. The number of amides is 1. The molecule has 0 saturated heterocycles. The van der Waals surface area contributed by atoms with Gasteiger partial charge in [-0.15, -0.1) is 0 Å². The van der Waals surface area contributed by atoms with E-state index in [1.54, 1.807) is 26.0 Å². The maximum atomic E-state index is 11.9. The second kappa shape index (κ2) is 11.9. The molecule has 0 unspecified atom stereocenters. The van der Waals surface area contributed by atoms with Crippen LogP contribution in [-0.2, 0) is 23.9 Å². The lowest BCUT2D eigenvalue weighted by Gasteiger charge is -2.20. The average molecular weight is 335 g/mol. The van der Waals surface area contributed by atoms with E-state index < -0.39 is 18.0 Å². The molecule has 0 aliphatic carbocycles. The third-order valence-corrected chi connectivity index (χ3v) is 2.85. The van der Waals surface area contributed by atoms with Crippen molar-refractivity contribution in [1.82, 2.24) is 5.32 Å². The van der Waals surface area contributed by atoms with Gasteiger partial charge in [0, 0.05) is 18.1 Å². The number of carbonyl (C=O) groups excluding carboxylic acids is 3. The molecule has 132 valence electrons. The fraction of sp³-hybridized carbons (Fsp3) is 0.389. The Hall–Kier alpha value is -2.63. The second-order valence-corrected chi connectivity index (χ2v) is 5.16. The summed E-state index contributed by atoms with van der Waals surface area (Å²) in [5.74, 6) is -1.76. The summed E-state index contributed by atoms with van der Waals surface area (Å²) in [6.07, 6.45) is 9.09. The van der Waals surface area contributed by atoms with E-state index in [1.165, 1.54) is 7.11 Å². The first-order valence-corrected chi connectivity index (χ1v) is 7.53. The first kappa shape index (κ1) is 21.4. The Kier molecular flexibility index (Phi) is 10.6. The molecule has 1 N–H and O–H groups in total. The van der Waals surface area contributed by atoms with Crippen LogP contribution in [0.2, 0.25) is 0 Å². The normalized spacial score (nSPS) is 12.7. The van der Waals surface area contributed by atoms with Crippen molar-refractivity contribution in [3.63, 3.8) is 0 Å². The Labute approximate surface area is 142 Å². The standard InChI is InChI=1S/C18H25NO5/c1-6-7-8-9-14(4)15(19-18(22)13(2)3)12-24-17(21)11-10-16(20)23-5/h6-11,13,15H,4,12H2,1-3,5H3,(H,19,22)/b7-6-,9-8-,11-10+/t15-/m1/s1. The summed E-state index contributed by atoms with van der Waals surface area (Å²) in [6, 6.07) is -0.558. The molecule has 0 rings (SSSR count). The largest absolute Gasteiger partial charge is 0.466 e. The molecule has 24 heavy (non-hydrogen) atoms. The van der Waals surface area contributed by atoms with Crippen molar-refractivity contribution in [3.8, 4) is 0 Å². The summed E-state index contributed by atoms with van der Waals surface area (Å²) in [7, 11) is 1.20. The molecule has 0 saturated carbocycles. The van der Waals surface area contributed by atoms with Crippen LogP contribution in [0, 0.1) is 5.92 Å². The molecule has 0 aromatic rings. The fourth-order valence-electron chi connectivity index (χ4n) is 1.40. The van der Waals surface area contributed by atoms with Gasteiger partial charge < -0.3 is 14.8 Å². The highest BCUT2D eigenvalue weighted by molar-refractivity contribution is 5.91. The maximum absolute atomic E-state index is 11.9. The van der Waals surface area contributed by atoms with Gasteiger partial charge in [-0.25, -0.2) is 9.59 Å². The molecule has 0 aromatic heterocycles. The lowest BCUT2D eigenvalue weighted by Crippen LogP contribution is -2.41. The van der Waals surface area contributed by atoms with Gasteiger partial charge in [-0.2, -0.15) is 0 Å². The summed E-state index contributed by atoms with van der Waals surface area (Å²) in [6.45, 7) is 9.19. The number of carbonyl (C=O) groups is 3. The third-order valence-electron chi connectivity index (χ3n) is 2.85. The number of allylic oxidation sites excluding steroid dienone is 3. The highest BCUT2D eigenvalue weighted by Gasteiger charge is 2.18. The van der Waals surface area contributed by atoms with Crippen LogP contribution in [0.4, 0.5) is 0 Å². The number of hydrogen-bond acceptors (Lipinski definition) is 5. The van der Waals surface area contributed by atoms with Gasteiger partial charge >= 0.3 is 11.9 Å². The molecule has 0 fully saturated rings. The second-order valence-electron chi connectivity index (χ2n) is 5.16. The van der Waals surface area contributed by atoms with E-state index in [9.17, 15) is 14.4 Å². The Balaban J connectivity index is 4.84. The summed E-state index contributed by atoms with van der Waals surface area (Å²) in [5.41, 5.74) is 0.590. The van der Waals surface area contributed by atoms with Gasteiger partial charge in [-0.1, -0.05) is 44.7 Å². The van der Waals surface area contributed by atoms with E-state index in [2.05, 4.69) is 16.6 Å². The molecule has 0 spiro atoms. The summed E-state index contributed by atoms with van der Waals surface area (Å²) >= 11 is 0. The maximum Gasteiger partial charge on any atom is 0.331 e. The van der Waals surface area contributed by atoms with E-state index in [0.29, 0.717) is 5.57 Å². The zero-order valence-corrected chi connectivity index (χ0v) is 14.6. The van der Waals surface area contributed by atoms with Crippen molar-refractivity contribution < 1.29 is 23.9 Å².